The van der Waals surface area contributed by atoms with Crippen molar-refractivity contribution < 1.29 is 14.7 Å². The van der Waals surface area contributed by atoms with Gasteiger partial charge in [0.15, 0.2) is 5.78 Å². The lowest BCUT2D eigenvalue weighted by molar-refractivity contribution is -0.143. The molecular weight excluding hydrogens is 262 g/mol. The molecular formula is C14H17NO3S. The molecule has 0 saturated heterocycles. The Bertz CT molecular complexity index is 529. The van der Waals surface area contributed by atoms with Crippen LogP contribution < -0.4 is 5.73 Å². The van der Waals surface area contributed by atoms with Crippen molar-refractivity contribution in [1.82, 2.24) is 0 Å². The van der Waals surface area contributed by atoms with E-state index in [1.54, 1.807) is 17.8 Å². The predicted molar refractivity (Wildman–Crippen MR) is 74.7 cm³/mol. The normalized spacial score (nSPS) is 22.4. The van der Waals surface area contributed by atoms with Gasteiger partial charge in [0.2, 0.25) is 0 Å². The number of carbonyl (C=O) groups excluding carboxylic acids is 1. The summed E-state index contributed by atoms with van der Waals surface area (Å²) in [7, 11) is 0. The first-order chi connectivity index (χ1) is 8.96. The molecule has 0 spiro atoms. The lowest BCUT2D eigenvalue weighted by atomic mass is 9.88. The van der Waals surface area contributed by atoms with Gasteiger partial charge in [0, 0.05) is 29.1 Å². The van der Waals surface area contributed by atoms with Crippen molar-refractivity contribution in [2.24, 2.45) is 5.73 Å². The van der Waals surface area contributed by atoms with Gasteiger partial charge < -0.3 is 10.8 Å². The Hall–Kier alpha value is -1.33. The van der Waals surface area contributed by atoms with Crippen LogP contribution in [0.4, 0.5) is 0 Å². The van der Waals surface area contributed by atoms with Gasteiger partial charge in [0.25, 0.3) is 0 Å². The highest BCUT2D eigenvalue weighted by molar-refractivity contribution is 7.99. The molecule has 1 aromatic carbocycles. The second-order valence-corrected chi connectivity index (χ2v) is 5.97. The molecule has 1 atom stereocenters. The van der Waals surface area contributed by atoms with Crippen molar-refractivity contribution in [3.8, 4) is 0 Å². The van der Waals surface area contributed by atoms with Crippen LogP contribution in [0.3, 0.4) is 0 Å². The number of carboxylic acids is 1. The molecule has 1 aliphatic heterocycles. The first kappa shape index (κ1) is 14.1. The molecule has 1 unspecified atom stereocenters. The molecule has 0 aliphatic carbocycles. The van der Waals surface area contributed by atoms with Crippen molar-refractivity contribution in [2.75, 3.05) is 5.75 Å². The van der Waals surface area contributed by atoms with Crippen molar-refractivity contribution >= 4 is 23.5 Å². The number of hydrogen-bond donors (Lipinski definition) is 2. The number of thioether (sulfide) groups is 1. The average molecular weight is 279 g/mol. The van der Waals surface area contributed by atoms with Gasteiger partial charge in [-0.05, 0) is 24.1 Å². The zero-order chi connectivity index (χ0) is 14.0. The molecule has 4 nitrogen and oxygen atoms in total. The van der Waals surface area contributed by atoms with Crippen LogP contribution in [0.2, 0.25) is 0 Å². The summed E-state index contributed by atoms with van der Waals surface area (Å²) < 4.78 is 0. The fourth-order valence-electron chi connectivity index (χ4n) is 2.19. The number of nitrogens with two attached hydrogens (primary N) is 1. The molecule has 2 rings (SSSR count). The predicted octanol–water partition coefficient (Wildman–Crippen LogP) is 2.10. The number of rotatable bonds is 3. The SMILES string of the molecule is CCC(=O)c1ccc2c(c1)CC(N)(C(=O)O)CCS2. The third kappa shape index (κ3) is 2.82. The molecule has 1 aromatic rings. The number of hydrogen-bond acceptors (Lipinski definition) is 4. The zero-order valence-corrected chi connectivity index (χ0v) is 11.6. The van der Waals surface area contributed by atoms with E-state index in [0.717, 1.165) is 10.5 Å². The van der Waals surface area contributed by atoms with E-state index in [1.807, 2.05) is 19.1 Å². The van der Waals surface area contributed by atoms with E-state index < -0.39 is 11.5 Å². The summed E-state index contributed by atoms with van der Waals surface area (Å²) >= 11 is 1.60. The van der Waals surface area contributed by atoms with Gasteiger partial charge in [-0.3, -0.25) is 9.59 Å². The lowest BCUT2D eigenvalue weighted by Crippen LogP contribution is -2.50. The molecule has 0 bridgehead atoms. The second-order valence-electron chi connectivity index (χ2n) is 4.84. The van der Waals surface area contributed by atoms with Gasteiger partial charge in [0.1, 0.15) is 5.54 Å². The zero-order valence-electron chi connectivity index (χ0n) is 10.8. The van der Waals surface area contributed by atoms with Gasteiger partial charge in [-0.15, -0.1) is 11.8 Å². The largest absolute Gasteiger partial charge is 0.480 e. The van der Waals surface area contributed by atoms with E-state index in [-0.39, 0.29) is 12.2 Å². The first-order valence-electron chi connectivity index (χ1n) is 6.27. The molecule has 0 radical (unpaired) electrons. The van der Waals surface area contributed by atoms with Crippen LogP contribution in [0.25, 0.3) is 0 Å². The maximum Gasteiger partial charge on any atom is 0.324 e. The summed E-state index contributed by atoms with van der Waals surface area (Å²) in [5.74, 6) is -0.236. The van der Waals surface area contributed by atoms with Gasteiger partial charge in [-0.25, -0.2) is 0 Å². The quantitative estimate of drug-likeness (QED) is 0.828. The lowest BCUT2D eigenvalue weighted by Gasteiger charge is -2.22. The van der Waals surface area contributed by atoms with Crippen LogP contribution >= 0.6 is 11.8 Å². The molecule has 1 aliphatic rings. The number of aliphatic carboxylic acids is 1. The van der Waals surface area contributed by atoms with Gasteiger partial charge >= 0.3 is 5.97 Å². The Morgan fingerprint density at radius 1 is 1.47 bits per heavy atom. The highest BCUT2D eigenvalue weighted by Crippen LogP contribution is 2.33. The Kier molecular flexibility index (Phi) is 3.96. The molecule has 5 heteroatoms. The number of fused-ring (bicyclic) bond motifs is 1. The number of ketones is 1. The molecule has 0 amide bonds. The van der Waals surface area contributed by atoms with Gasteiger partial charge in [0.05, 0.1) is 0 Å². The summed E-state index contributed by atoms with van der Waals surface area (Å²) in [5, 5.41) is 9.27. The van der Waals surface area contributed by atoms with E-state index in [9.17, 15) is 14.7 Å². The standard InChI is InChI=1S/C14H17NO3S/c1-2-11(16)9-3-4-12-10(7-9)8-14(15,13(17)18)5-6-19-12/h3-4,7H,2,5-6,8,15H2,1H3,(H,17,18). The fourth-order valence-corrected chi connectivity index (χ4v) is 3.36. The van der Waals surface area contributed by atoms with E-state index >= 15 is 0 Å². The minimum Gasteiger partial charge on any atom is -0.480 e. The van der Waals surface area contributed by atoms with Crippen LogP contribution in [0.1, 0.15) is 35.7 Å². The van der Waals surface area contributed by atoms with E-state index in [2.05, 4.69) is 0 Å². The fraction of sp³-hybridized carbons (Fsp3) is 0.429. The Labute approximate surface area is 116 Å². The number of carbonyl (C=O) groups is 2. The minimum atomic E-state index is -1.23. The molecule has 0 aromatic heterocycles. The van der Waals surface area contributed by atoms with Crippen LogP contribution in [0.5, 0.6) is 0 Å². The van der Waals surface area contributed by atoms with E-state index in [1.165, 1.54) is 0 Å². The summed E-state index contributed by atoms with van der Waals surface area (Å²) in [6.07, 6.45) is 1.15. The van der Waals surface area contributed by atoms with Crippen LogP contribution in [0.15, 0.2) is 23.1 Å². The Morgan fingerprint density at radius 3 is 2.84 bits per heavy atom. The summed E-state index contributed by atoms with van der Waals surface area (Å²) in [5.41, 5.74) is 6.25. The molecule has 0 saturated carbocycles. The smallest absolute Gasteiger partial charge is 0.324 e. The average Bonchev–Trinajstić information content (AvgIpc) is 2.56. The third-order valence-electron chi connectivity index (χ3n) is 3.44. The van der Waals surface area contributed by atoms with Gasteiger partial charge in [-0.1, -0.05) is 13.0 Å². The summed E-state index contributed by atoms with van der Waals surface area (Å²) in [6, 6.07) is 5.50. The maximum absolute atomic E-state index is 11.7. The molecule has 3 N–H and O–H groups in total. The molecule has 102 valence electrons. The maximum atomic E-state index is 11.7. The van der Waals surface area contributed by atoms with Crippen molar-refractivity contribution in [3.05, 3.63) is 29.3 Å². The Balaban J connectivity index is 2.40. The van der Waals surface area contributed by atoms with Crippen LogP contribution in [-0.4, -0.2) is 28.2 Å². The van der Waals surface area contributed by atoms with Crippen LogP contribution in [-0.2, 0) is 11.2 Å². The topological polar surface area (TPSA) is 80.4 Å². The van der Waals surface area contributed by atoms with Crippen molar-refractivity contribution in [2.45, 2.75) is 36.6 Å². The van der Waals surface area contributed by atoms with Crippen LogP contribution in [0, 0.1) is 0 Å². The summed E-state index contributed by atoms with van der Waals surface area (Å²) in [6.45, 7) is 1.81. The second kappa shape index (κ2) is 5.35. The molecule has 0 fully saturated rings. The van der Waals surface area contributed by atoms with Crippen molar-refractivity contribution in [1.29, 1.82) is 0 Å². The molecule has 1 heterocycles. The van der Waals surface area contributed by atoms with E-state index in [4.69, 9.17) is 5.73 Å². The molecule has 19 heavy (non-hydrogen) atoms. The third-order valence-corrected chi connectivity index (χ3v) is 4.56. The summed E-state index contributed by atoms with van der Waals surface area (Å²) in [4.78, 5) is 24.1. The number of benzene rings is 1. The highest BCUT2D eigenvalue weighted by atomic mass is 32.2. The minimum absolute atomic E-state index is 0.0648. The highest BCUT2D eigenvalue weighted by Gasteiger charge is 2.36. The number of carboxylic acid groups (broad SMARTS) is 1. The Morgan fingerprint density at radius 2 is 2.21 bits per heavy atom. The number of Topliss-reactive ketones (excluding diaryl/α,β-unsaturated/α-hetero) is 1. The van der Waals surface area contributed by atoms with Crippen molar-refractivity contribution in [3.63, 3.8) is 0 Å². The monoisotopic (exact) mass is 279 g/mol. The van der Waals surface area contributed by atoms with E-state index in [0.29, 0.717) is 24.2 Å². The van der Waals surface area contributed by atoms with Gasteiger partial charge in [-0.2, -0.15) is 0 Å². The first-order valence-corrected chi connectivity index (χ1v) is 7.26.